The van der Waals surface area contributed by atoms with Gasteiger partial charge in [0.1, 0.15) is 0 Å². The highest BCUT2D eigenvalue weighted by molar-refractivity contribution is 5.98. The Labute approximate surface area is 202 Å². The Morgan fingerprint density at radius 3 is 2.18 bits per heavy atom. The molecule has 0 radical (unpaired) electrons. The minimum absolute atomic E-state index is 0.0956. The van der Waals surface area contributed by atoms with Gasteiger partial charge < -0.3 is 14.5 Å². The Kier molecular flexibility index (Phi) is 7.26. The number of morpholine rings is 1. The van der Waals surface area contributed by atoms with Crippen LogP contribution in [0.2, 0.25) is 0 Å². The van der Waals surface area contributed by atoms with Gasteiger partial charge in [-0.15, -0.1) is 0 Å². The van der Waals surface area contributed by atoms with E-state index in [9.17, 15) is 9.59 Å². The van der Waals surface area contributed by atoms with Crippen LogP contribution in [0.4, 0.5) is 5.69 Å². The molecule has 3 aliphatic heterocycles. The molecule has 0 N–H and O–H groups in total. The van der Waals surface area contributed by atoms with Gasteiger partial charge in [0.05, 0.1) is 13.2 Å². The van der Waals surface area contributed by atoms with Crippen molar-refractivity contribution in [2.24, 2.45) is 5.92 Å². The molecule has 2 aromatic rings. The molecule has 0 aliphatic carbocycles. The fraction of sp³-hybridized carbons (Fsp3) is 0.500. The summed E-state index contributed by atoms with van der Waals surface area (Å²) in [7, 11) is 0. The van der Waals surface area contributed by atoms with Crippen molar-refractivity contribution in [3.63, 3.8) is 0 Å². The molecule has 6 nitrogen and oxygen atoms in total. The zero-order valence-electron chi connectivity index (χ0n) is 19.9. The molecule has 1 amide bonds. The predicted octanol–water partition coefficient (Wildman–Crippen LogP) is 3.72. The summed E-state index contributed by atoms with van der Waals surface area (Å²) in [6.45, 7) is 6.58. The summed E-state index contributed by atoms with van der Waals surface area (Å²) in [6.07, 6.45) is 4.32. The second kappa shape index (κ2) is 10.7. The molecule has 1 atom stereocenters. The molecule has 3 saturated heterocycles. The van der Waals surface area contributed by atoms with E-state index in [0.717, 1.165) is 63.0 Å². The zero-order valence-corrected chi connectivity index (χ0v) is 19.9. The van der Waals surface area contributed by atoms with Crippen molar-refractivity contribution in [3.8, 4) is 0 Å². The molecule has 0 bridgehead atoms. The number of benzene rings is 2. The summed E-state index contributed by atoms with van der Waals surface area (Å²) in [5.41, 5.74) is 2.79. The Morgan fingerprint density at radius 2 is 1.47 bits per heavy atom. The lowest BCUT2D eigenvalue weighted by Gasteiger charge is -2.42. The van der Waals surface area contributed by atoms with Crippen molar-refractivity contribution in [1.82, 2.24) is 9.80 Å². The predicted molar refractivity (Wildman–Crippen MR) is 133 cm³/mol. The molecule has 180 valence electrons. The molecular formula is C28H35N3O3. The summed E-state index contributed by atoms with van der Waals surface area (Å²) in [5.74, 6) is 0.512. The molecule has 3 aliphatic rings. The van der Waals surface area contributed by atoms with Crippen molar-refractivity contribution < 1.29 is 14.3 Å². The first kappa shape index (κ1) is 23.1. The number of ketones is 1. The van der Waals surface area contributed by atoms with Crippen LogP contribution in [0.1, 0.15) is 46.4 Å². The SMILES string of the molecule is O=C(c1ccccc1)[C@H]1CCCN(C2CCN(c3ccc(C(=O)N4CCOCC4)cc3)CC2)C1. The number of Topliss-reactive ketones (excluding diaryl/α,β-unsaturated/α-hetero) is 1. The minimum atomic E-state index is 0.0956. The number of anilines is 1. The largest absolute Gasteiger partial charge is 0.378 e. The Balaban J connectivity index is 1.14. The Bertz CT molecular complexity index is 964. The van der Waals surface area contributed by atoms with Gasteiger partial charge in [-0.25, -0.2) is 0 Å². The number of rotatable bonds is 5. The van der Waals surface area contributed by atoms with Crippen LogP contribution in [0, 0.1) is 5.92 Å². The van der Waals surface area contributed by atoms with Gasteiger partial charge in [0.2, 0.25) is 0 Å². The topological polar surface area (TPSA) is 53.1 Å². The third-order valence-corrected chi connectivity index (χ3v) is 7.64. The number of carbonyl (C=O) groups excluding carboxylic acids is 2. The van der Waals surface area contributed by atoms with Crippen LogP contribution in [0.25, 0.3) is 0 Å². The number of nitrogens with zero attached hydrogens (tertiary/aromatic N) is 3. The summed E-state index contributed by atoms with van der Waals surface area (Å²) < 4.78 is 5.35. The van der Waals surface area contributed by atoms with Gasteiger partial charge in [-0.3, -0.25) is 14.5 Å². The van der Waals surface area contributed by atoms with E-state index in [1.807, 2.05) is 47.4 Å². The summed E-state index contributed by atoms with van der Waals surface area (Å²) in [6, 6.07) is 18.4. The lowest BCUT2D eigenvalue weighted by molar-refractivity contribution is 0.0303. The van der Waals surface area contributed by atoms with E-state index in [2.05, 4.69) is 21.9 Å². The lowest BCUT2D eigenvalue weighted by Crippen LogP contribution is -2.49. The van der Waals surface area contributed by atoms with Crippen molar-refractivity contribution in [2.75, 3.05) is 57.4 Å². The second-order valence-corrected chi connectivity index (χ2v) is 9.73. The molecule has 0 aromatic heterocycles. The van der Waals surface area contributed by atoms with Gasteiger partial charge in [0, 0.05) is 61.5 Å². The van der Waals surface area contributed by atoms with E-state index in [1.165, 1.54) is 5.69 Å². The van der Waals surface area contributed by atoms with Gasteiger partial charge >= 0.3 is 0 Å². The van der Waals surface area contributed by atoms with Crippen molar-refractivity contribution in [3.05, 3.63) is 65.7 Å². The number of carbonyl (C=O) groups is 2. The fourth-order valence-corrected chi connectivity index (χ4v) is 5.64. The summed E-state index contributed by atoms with van der Waals surface area (Å²) >= 11 is 0. The fourth-order valence-electron chi connectivity index (χ4n) is 5.64. The van der Waals surface area contributed by atoms with Crippen molar-refractivity contribution in [2.45, 2.75) is 31.7 Å². The maximum Gasteiger partial charge on any atom is 0.254 e. The number of ether oxygens (including phenoxy) is 1. The Hall–Kier alpha value is -2.70. The number of hydrogen-bond acceptors (Lipinski definition) is 5. The second-order valence-electron chi connectivity index (χ2n) is 9.73. The molecule has 0 unspecified atom stereocenters. The molecule has 0 saturated carbocycles. The van der Waals surface area contributed by atoms with Crippen LogP contribution in [0.15, 0.2) is 54.6 Å². The van der Waals surface area contributed by atoms with E-state index >= 15 is 0 Å². The smallest absolute Gasteiger partial charge is 0.254 e. The highest BCUT2D eigenvalue weighted by Gasteiger charge is 2.32. The quantitative estimate of drug-likeness (QED) is 0.636. The van der Waals surface area contributed by atoms with E-state index in [-0.39, 0.29) is 11.8 Å². The van der Waals surface area contributed by atoms with Gasteiger partial charge in [-0.1, -0.05) is 30.3 Å². The molecule has 0 spiro atoms. The average molecular weight is 462 g/mol. The molecule has 3 heterocycles. The van der Waals surface area contributed by atoms with Gasteiger partial charge in [0.25, 0.3) is 5.91 Å². The molecule has 34 heavy (non-hydrogen) atoms. The van der Waals surface area contributed by atoms with Gasteiger partial charge in [-0.05, 0) is 56.5 Å². The number of hydrogen-bond donors (Lipinski definition) is 0. The van der Waals surface area contributed by atoms with Crippen LogP contribution in [-0.4, -0.2) is 80.0 Å². The highest BCUT2D eigenvalue weighted by Crippen LogP contribution is 2.28. The van der Waals surface area contributed by atoms with Crippen LogP contribution in [-0.2, 0) is 4.74 Å². The third-order valence-electron chi connectivity index (χ3n) is 7.64. The van der Waals surface area contributed by atoms with E-state index in [0.29, 0.717) is 38.1 Å². The molecule has 5 rings (SSSR count). The Morgan fingerprint density at radius 1 is 0.765 bits per heavy atom. The van der Waals surface area contributed by atoms with Crippen molar-refractivity contribution in [1.29, 1.82) is 0 Å². The molecule has 3 fully saturated rings. The van der Waals surface area contributed by atoms with E-state index in [4.69, 9.17) is 4.74 Å². The first-order valence-corrected chi connectivity index (χ1v) is 12.7. The van der Waals surface area contributed by atoms with Crippen LogP contribution in [0.5, 0.6) is 0 Å². The van der Waals surface area contributed by atoms with Gasteiger partial charge in [0.15, 0.2) is 5.78 Å². The maximum absolute atomic E-state index is 13.0. The zero-order chi connectivity index (χ0) is 23.3. The van der Waals surface area contributed by atoms with Crippen LogP contribution < -0.4 is 4.90 Å². The van der Waals surface area contributed by atoms with E-state index < -0.39 is 0 Å². The molecule has 6 heteroatoms. The molecule has 2 aromatic carbocycles. The minimum Gasteiger partial charge on any atom is -0.378 e. The normalized spacial score (nSPS) is 22.5. The number of amides is 1. The molecular weight excluding hydrogens is 426 g/mol. The number of piperidine rings is 2. The van der Waals surface area contributed by atoms with Crippen molar-refractivity contribution >= 4 is 17.4 Å². The average Bonchev–Trinajstić information content (AvgIpc) is 2.93. The summed E-state index contributed by atoms with van der Waals surface area (Å²) in [5, 5.41) is 0. The van der Waals surface area contributed by atoms with Gasteiger partial charge in [-0.2, -0.15) is 0 Å². The lowest BCUT2D eigenvalue weighted by atomic mass is 9.88. The number of likely N-dealkylation sites (tertiary alicyclic amines) is 1. The maximum atomic E-state index is 13.0. The van der Waals surface area contributed by atoms with Crippen LogP contribution in [0.3, 0.4) is 0 Å². The third kappa shape index (κ3) is 5.18. The monoisotopic (exact) mass is 461 g/mol. The van der Waals surface area contributed by atoms with E-state index in [1.54, 1.807) is 0 Å². The standard InChI is InChI=1S/C28H35N3O3/c32-27(22-5-2-1-3-6-22)24-7-4-14-31(21-24)26-12-15-29(16-13-26)25-10-8-23(9-11-25)28(33)30-17-19-34-20-18-30/h1-3,5-6,8-11,24,26H,4,7,12-21H2/t24-/m0/s1. The highest BCUT2D eigenvalue weighted by atomic mass is 16.5. The van der Waals surface area contributed by atoms with Crippen LogP contribution >= 0.6 is 0 Å². The summed E-state index contributed by atoms with van der Waals surface area (Å²) in [4.78, 5) is 32.5. The first-order valence-electron chi connectivity index (χ1n) is 12.7. The first-order chi connectivity index (χ1) is 16.7.